The van der Waals surface area contributed by atoms with Gasteiger partial charge in [-0.15, -0.1) is 0 Å². The van der Waals surface area contributed by atoms with Crippen molar-refractivity contribution >= 4 is 5.69 Å². The van der Waals surface area contributed by atoms with E-state index in [1.807, 2.05) is 31.3 Å². The maximum absolute atomic E-state index is 5.57. The first-order valence-corrected chi connectivity index (χ1v) is 5.84. The van der Waals surface area contributed by atoms with Crippen molar-refractivity contribution in [3.63, 3.8) is 0 Å². The summed E-state index contributed by atoms with van der Waals surface area (Å²) in [5, 5.41) is 3.06. The quantitative estimate of drug-likeness (QED) is 0.670. The van der Waals surface area contributed by atoms with Gasteiger partial charge in [0.2, 0.25) is 0 Å². The summed E-state index contributed by atoms with van der Waals surface area (Å²) in [7, 11) is 3.56. The van der Waals surface area contributed by atoms with Crippen LogP contribution in [-0.2, 0) is 9.47 Å². The number of nitrogens with one attached hydrogen (secondary N) is 1. The van der Waals surface area contributed by atoms with Crippen LogP contribution in [0.1, 0.15) is 6.42 Å². The molecule has 1 rings (SSSR count). The van der Waals surface area contributed by atoms with Crippen LogP contribution in [0.4, 0.5) is 5.69 Å². The maximum Gasteiger partial charge on any atom is 0.119 e. The van der Waals surface area contributed by atoms with Crippen LogP contribution in [0.15, 0.2) is 24.3 Å². The molecule has 1 N–H and O–H groups in total. The lowest BCUT2D eigenvalue weighted by Gasteiger charge is -2.07. The summed E-state index contributed by atoms with van der Waals surface area (Å²) in [4.78, 5) is 0. The molecule has 0 saturated carbocycles. The molecule has 0 aliphatic rings. The summed E-state index contributed by atoms with van der Waals surface area (Å²) in [6, 6.07) is 7.89. The van der Waals surface area contributed by atoms with E-state index < -0.39 is 0 Å². The van der Waals surface area contributed by atoms with Crippen LogP contribution in [-0.4, -0.2) is 40.6 Å². The van der Waals surface area contributed by atoms with Gasteiger partial charge in [-0.05, 0) is 24.3 Å². The number of hydrogen-bond donors (Lipinski definition) is 1. The Morgan fingerprint density at radius 3 is 2.41 bits per heavy atom. The van der Waals surface area contributed by atoms with E-state index in [9.17, 15) is 0 Å². The Labute approximate surface area is 103 Å². The normalized spacial score (nSPS) is 10.2. The first-order chi connectivity index (χ1) is 8.36. The lowest BCUT2D eigenvalue weighted by atomic mass is 10.3. The fourth-order valence-electron chi connectivity index (χ4n) is 1.31. The minimum atomic E-state index is 0.645. The zero-order valence-corrected chi connectivity index (χ0v) is 10.6. The highest BCUT2D eigenvalue weighted by Crippen LogP contribution is 2.14. The first kappa shape index (κ1) is 13.8. The maximum atomic E-state index is 5.57. The van der Waals surface area contributed by atoms with Crippen molar-refractivity contribution in [2.24, 2.45) is 0 Å². The Kier molecular flexibility index (Phi) is 7.18. The summed E-state index contributed by atoms with van der Waals surface area (Å²) >= 11 is 0. The Morgan fingerprint density at radius 1 is 1.00 bits per heavy atom. The second-order valence-corrected chi connectivity index (χ2v) is 3.58. The van der Waals surface area contributed by atoms with Crippen LogP contribution in [0.2, 0.25) is 0 Å². The number of rotatable bonds is 9. The SMILES string of the molecule is CNc1ccc(OCCCOCCOC)cc1. The molecule has 0 unspecified atom stereocenters. The molecule has 0 aromatic heterocycles. The highest BCUT2D eigenvalue weighted by molar-refractivity contribution is 5.45. The van der Waals surface area contributed by atoms with Gasteiger partial charge in [0.25, 0.3) is 0 Å². The van der Waals surface area contributed by atoms with Gasteiger partial charge in [-0.2, -0.15) is 0 Å². The molecule has 0 saturated heterocycles. The van der Waals surface area contributed by atoms with Gasteiger partial charge in [0.1, 0.15) is 5.75 Å². The van der Waals surface area contributed by atoms with Crippen molar-refractivity contribution in [1.82, 2.24) is 0 Å². The molecule has 0 bridgehead atoms. The minimum Gasteiger partial charge on any atom is -0.494 e. The van der Waals surface area contributed by atoms with E-state index in [1.165, 1.54) is 0 Å². The van der Waals surface area contributed by atoms with Crippen molar-refractivity contribution < 1.29 is 14.2 Å². The Morgan fingerprint density at radius 2 is 1.76 bits per heavy atom. The molecule has 1 aromatic carbocycles. The molecular formula is C13H21NO3. The molecule has 0 radical (unpaired) electrons. The first-order valence-electron chi connectivity index (χ1n) is 5.84. The van der Waals surface area contributed by atoms with E-state index in [2.05, 4.69) is 5.32 Å². The average Bonchev–Trinajstić information content (AvgIpc) is 2.38. The summed E-state index contributed by atoms with van der Waals surface area (Å²) in [6.45, 7) is 2.67. The number of hydrogen-bond acceptors (Lipinski definition) is 4. The number of anilines is 1. The molecule has 4 nitrogen and oxygen atoms in total. The van der Waals surface area contributed by atoms with E-state index in [0.29, 0.717) is 26.4 Å². The van der Waals surface area contributed by atoms with E-state index in [0.717, 1.165) is 17.9 Å². The van der Waals surface area contributed by atoms with Crippen LogP contribution in [0.25, 0.3) is 0 Å². The second-order valence-electron chi connectivity index (χ2n) is 3.58. The molecule has 0 aliphatic heterocycles. The fourth-order valence-corrected chi connectivity index (χ4v) is 1.31. The lowest BCUT2D eigenvalue weighted by Crippen LogP contribution is -2.06. The van der Waals surface area contributed by atoms with Crippen LogP contribution in [0.5, 0.6) is 5.75 Å². The zero-order valence-electron chi connectivity index (χ0n) is 10.6. The topological polar surface area (TPSA) is 39.7 Å². The summed E-state index contributed by atoms with van der Waals surface area (Å²) in [5.74, 6) is 0.890. The molecule has 0 atom stereocenters. The van der Waals surface area contributed by atoms with Gasteiger partial charge in [-0.1, -0.05) is 0 Å². The monoisotopic (exact) mass is 239 g/mol. The predicted octanol–water partition coefficient (Wildman–Crippen LogP) is 2.16. The third-order valence-corrected chi connectivity index (χ3v) is 2.28. The molecular weight excluding hydrogens is 218 g/mol. The predicted molar refractivity (Wildman–Crippen MR) is 68.8 cm³/mol. The van der Waals surface area contributed by atoms with E-state index >= 15 is 0 Å². The van der Waals surface area contributed by atoms with E-state index in [1.54, 1.807) is 7.11 Å². The van der Waals surface area contributed by atoms with Gasteiger partial charge in [0.15, 0.2) is 0 Å². The van der Waals surface area contributed by atoms with Crippen LogP contribution >= 0.6 is 0 Å². The van der Waals surface area contributed by atoms with Crippen molar-refractivity contribution in [2.45, 2.75) is 6.42 Å². The average molecular weight is 239 g/mol. The number of methoxy groups -OCH3 is 1. The molecule has 0 aliphatic carbocycles. The standard InChI is InChI=1S/C13H21NO3/c1-14-12-4-6-13(7-5-12)17-9-3-8-16-11-10-15-2/h4-7,14H,3,8-11H2,1-2H3. The lowest BCUT2D eigenvalue weighted by molar-refractivity contribution is 0.0644. The highest BCUT2D eigenvalue weighted by Gasteiger charge is 1.94. The molecule has 0 fully saturated rings. The van der Waals surface area contributed by atoms with Crippen molar-refractivity contribution in [3.8, 4) is 5.75 Å². The highest BCUT2D eigenvalue weighted by atomic mass is 16.5. The molecule has 17 heavy (non-hydrogen) atoms. The Hall–Kier alpha value is -1.26. The number of ether oxygens (including phenoxy) is 3. The summed E-state index contributed by atoms with van der Waals surface area (Å²) in [6.07, 6.45) is 0.886. The van der Waals surface area contributed by atoms with Crippen molar-refractivity contribution in [2.75, 3.05) is 45.9 Å². The fraction of sp³-hybridized carbons (Fsp3) is 0.538. The molecule has 0 amide bonds. The zero-order chi connectivity index (χ0) is 12.3. The molecule has 0 heterocycles. The van der Waals surface area contributed by atoms with Crippen molar-refractivity contribution in [3.05, 3.63) is 24.3 Å². The Balaban J connectivity index is 2.05. The van der Waals surface area contributed by atoms with Gasteiger partial charge >= 0.3 is 0 Å². The third kappa shape index (κ3) is 6.14. The summed E-state index contributed by atoms with van der Waals surface area (Å²) in [5.41, 5.74) is 1.08. The minimum absolute atomic E-state index is 0.645. The van der Waals surface area contributed by atoms with Gasteiger partial charge in [0.05, 0.1) is 19.8 Å². The third-order valence-electron chi connectivity index (χ3n) is 2.28. The van der Waals surface area contributed by atoms with Crippen molar-refractivity contribution in [1.29, 1.82) is 0 Å². The van der Waals surface area contributed by atoms with Crippen LogP contribution in [0, 0.1) is 0 Å². The number of benzene rings is 1. The summed E-state index contributed by atoms with van der Waals surface area (Å²) < 4.78 is 15.8. The van der Waals surface area contributed by atoms with E-state index in [4.69, 9.17) is 14.2 Å². The van der Waals surface area contributed by atoms with Crippen LogP contribution < -0.4 is 10.1 Å². The smallest absolute Gasteiger partial charge is 0.119 e. The Bertz CT molecular complexity index is 287. The molecule has 96 valence electrons. The van der Waals surface area contributed by atoms with E-state index in [-0.39, 0.29) is 0 Å². The molecule has 1 aromatic rings. The van der Waals surface area contributed by atoms with Gasteiger partial charge in [-0.3, -0.25) is 0 Å². The largest absolute Gasteiger partial charge is 0.494 e. The molecule has 4 heteroatoms. The van der Waals surface area contributed by atoms with Gasteiger partial charge in [0, 0.05) is 32.9 Å². The second kappa shape index (κ2) is 8.84. The molecule has 0 spiro atoms. The van der Waals surface area contributed by atoms with Crippen LogP contribution in [0.3, 0.4) is 0 Å². The van der Waals surface area contributed by atoms with Gasteiger partial charge < -0.3 is 19.5 Å². The van der Waals surface area contributed by atoms with Gasteiger partial charge in [-0.25, -0.2) is 0 Å².